The van der Waals surface area contributed by atoms with Crippen LogP contribution in [0.5, 0.6) is 0 Å². The minimum atomic E-state index is -0.242. The number of carbonyl (C=O) groups is 1. The number of nitrogens with one attached hydrogen (secondary N) is 2. The van der Waals surface area contributed by atoms with Gasteiger partial charge in [-0.15, -0.1) is 0 Å². The predicted molar refractivity (Wildman–Crippen MR) is 70.7 cm³/mol. The molecule has 0 spiro atoms. The van der Waals surface area contributed by atoms with Gasteiger partial charge in [0.2, 0.25) is 0 Å². The Labute approximate surface area is 105 Å². The number of aromatic nitrogens is 2. The smallest absolute Gasteiger partial charge is 0.274 e. The molecule has 18 heavy (non-hydrogen) atoms. The fraction of sp³-hybridized carbons (Fsp3) is 0.154. The molecule has 2 N–H and O–H groups in total. The van der Waals surface area contributed by atoms with Crippen LogP contribution in [0.4, 0.5) is 11.4 Å². The summed E-state index contributed by atoms with van der Waals surface area (Å²) in [6.45, 7) is 1.98. The molecule has 0 atom stereocenters. The summed E-state index contributed by atoms with van der Waals surface area (Å²) in [6.07, 6.45) is 2.89. The van der Waals surface area contributed by atoms with E-state index in [1.54, 1.807) is 6.07 Å². The van der Waals surface area contributed by atoms with Crippen LogP contribution in [0.3, 0.4) is 0 Å². The summed E-state index contributed by atoms with van der Waals surface area (Å²) in [7, 11) is 1.86. The van der Waals surface area contributed by atoms with E-state index in [9.17, 15) is 4.79 Å². The van der Waals surface area contributed by atoms with E-state index in [0.717, 1.165) is 16.9 Å². The molecule has 5 heteroatoms. The quantitative estimate of drug-likeness (QED) is 0.864. The van der Waals surface area contributed by atoms with Crippen LogP contribution in [0.25, 0.3) is 0 Å². The van der Waals surface area contributed by atoms with Gasteiger partial charge in [0.25, 0.3) is 5.91 Å². The molecule has 0 radical (unpaired) electrons. The molecule has 0 saturated carbocycles. The van der Waals surface area contributed by atoms with Crippen molar-refractivity contribution in [3.63, 3.8) is 0 Å². The Kier molecular flexibility index (Phi) is 3.52. The Morgan fingerprint density at radius 2 is 2.11 bits per heavy atom. The van der Waals surface area contributed by atoms with Crippen molar-refractivity contribution >= 4 is 17.3 Å². The first-order chi connectivity index (χ1) is 8.70. The Balaban J connectivity index is 2.15. The van der Waals surface area contributed by atoms with Crippen molar-refractivity contribution in [3.8, 4) is 0 Å². The minimum Gasteiger partial charge on any atom is -0.388 e. The van der Waals surface area contributed by atoms with Crippen molar-refractivity contribution in [2.24, 2.45) is 0 Å². The normalized spacial score (nSPS) is 9.89. The molecule has 92 valence electrons. The molecule has 1 amide bonds. The minimum absolute atomic E-state index is 0.242. The van der Waals surface area contributed by atoms with E-state index in [1.807, 2.05) is 32.2 Å². The summed E-state index contributed by atoms with van der Waals surface area (Å²) in [5.41, 5.74) is 3.20. The molecule has 0 saturated heterocycles. The number of benzene rings is 1. The standard InChI is InChI=1S/C13H14N4O/c1-9-7-10(3-4-11(9)14-2)17-13(18)12-5-6-15-8-16-12/h3-8,14H,1-2H3,(H,17,18). The molecule has 2 aromatic rings. The molecule has 0 aliphatic rings. The highest BCUT2D eigenvalue weighted by Crippen LogP contribution is 2.19. The van der Waals surface area contributed by atoms with Crippen LogP contribution in [0, 0.1) is 6.92 Å². The van der Waals surface area contributed by atoms with Crippen LogP contribution in [0.1, 0.15) is 16.1 Å². The molecule has 2 rings (SSSR count). The molecule has 0 unspecified atom stereocenters. The molecule has 1 aromatic carbocycles. The SMILES string of the molecule is CNc1ccc(NC(=O)c2ccncn2)cc1C. The van der Waals surface area contributed by atoms with Crippen molar-refractivity contribution in [1.29, 1.82) is 0 Å². The largest absolute Gasteiger partial charge is 0.388 e. The maximum atomic E-state index is 11.9. The zero-order valence-corrected chi connectivity index (χ0v) is 10.3. The van der Waals surface area contributed by atoms with Gasteiger partial charge in [0, 0.05) is 24.6 Å². The third-order valence-corrected chi connectivity index (χ3v) is 2.57. The molecule has 1 heterocycles. The fourth-order valence-electron chi connectivity index (χ4n) is 1.64. The van der Waals surface area contributed by atoms with Gasteiger partial charge in [-0.25, -0.2) is 9.97 Å². The number of nitrogens with zero attached hydrogens (tertiary/aromatic N) is 2. The monoisotopic (exact) mass is 242 g/mol. The first kappa shape index (κ1) is 12.0. The Hall–Kier alpha value is -2.43. The van der Waals surface area contributed by atoms with Crippen molar-refractivity contribution in [2.45, 2.75) is 6.92 Å². The van der Waals surface area contributed by atoms with Crippen molar-refractivity contribution in [3.05, 3.63) is 48.0 Å². The molecule has 0 bridgehead atoms. The molecular weight excluding hydrogens is 228 g/mol. The van der Waals surface area contributed by atoms with Crippen molar-refractivity contribution in [1.82, 2.24) is 9.97 Å². The lowest BCUT2D eigenvalue weighted by molar-refractivity contribution is 0.102. The van der Waals surface area contributed by atoms with Gasteiger partial charge < -0.3 is 10.6 Å². The molecule has 1 aromatic heterocycles. The average Bonchev–Trinajstić information content (AvgIpc) is 2.40. The van der Waals surface area contributed by atoms with Crippen molar-refractivity contribution < 1.29 is 4.79 Å². The third kappa shape index (κ3) is 2.63. The number of anilines is 2. The third-order valence-electron chi connectivity index (χ3n) is 2.57. The zero-order chi connectivity index (χ0) is 13.0. The van der Waals surface area contributed by atoms with E-state index in [0.29, 0.717) is 5.69 Å². The van der Waals surface area contributed by atoms with E-state index >= 15 is 0 Å². The van der Waals surface area contributed by atoms with Gasteiger partial charge in [-0.3, -0.25) is 4.79 Å². The number of rotatable bonds is 3. The molecule has 0 aliphatic heterocycles. The topological polar surface area (TPSA) is 66.9 Å². The fourth-order valence-corrected chi connectivity index (χ4v) is 1.64. The number of hydrogen-bond acceptors (Lipinski definition) is 4. The summed E-state index contributed by atoms with van der Waals surface area (Å²) in [5.74, 6) is -0.242. The van der Waals surface area contributed by atoms with E-state index in [2.05, 4.69) is 20.6 Å². The van der Waals surface area contributed by atoms with Crippen LogP contribution in [0.15, 0.2) is 36.8 Å². The maximum Gasteiger partial charge on any atom is 0.274 e. The van der Waals surface area contributed by atoms with E-state index in [1.165, 1.54) is 12.5 Å². The number of carbonyl (C=O) groups excluding carboxylic acids is 1. The summed E-state index contributed by atoms with van der Waals surface area (Å²) in [5, 5.41) is 5.87. The molecule has 5 nitrogen and oxygen atoms in total. The summed E-state index contributed by atoms with van der Waals surface area (Å²) < 4.78 is 0. The first-order valence-corrected chi connectivity index (χ1v) is 5.56. The lowest BCUT2D eigenvalue weighted by Crippen LogP contribution is -2.13. The highest BCUT2D eigenvalue weighted by molar-refractivity contribution is 6.02. The summed E-state index contributed by atoms with van der Waals surface area (Å²) in [4.78, 5) is 19.5. The second kappa shape index (κ2) is 5.27. The van der Waals surface area contributed by atoms with Gasteiger partial charge in [0.15, 0.2) is 0 Å². The number of aryl methyl sites for hydroxylation is 1. The van der Waals surface area contributed by atoms with Gasteiger partial charge >= 0.3 is 0 Å². The lowest BCUT2D eigenvalue weighted by Gasteiger charge is -2.09. The summed E-state index contributed by atoms with van der Waals surface area (Å²) in [6, 6.07) is 7.25. The van der Waals surface area contributed by atoms with Gasteiger partial charge in [-0.2, -0.15) is 0 Å². The second-order valence-corrected chi connectivity index (χ2v) is 3.83. The maximum absolute atomic E-state index is 11.9. The van der Waals surface area contributed by atoms with E-state index < -0.39 is 0 Å². The Morgan fingerprint density at radius 3 is 2.72 bits per heavy atom. The van der Waals surface area contributed by atoms with Crippen molar-refractivity contribution in [2.75, 3.05) is 17.7 Å². The van der Waals surface area contributed by atoms with Gasteiger partial charge in [0.05, 0.1) is 0 Å². The molecule has 0 fully saturated rings. The molecular formula is C13H14N4O. The highest BCUT2D eigenvalue weighted by Gasteiger charge is 2.07. The van der Waals surface area contributed by atoms with Crippen LogP contribution < -0.4 is 10.6 Å². The average molecular weight is 242 g/mol. The van der Waals surface area contributed by atoms with E-state index in [4.69, 9.17) is 0 Å². The van der Waals surface area contributed by atoms with E-state index in [-0.39, 0.29) is 5.91 Å². The van der Waals surface area contributed by atoms with Crippen LogP contribution in [0.2, 0.25) is 0 Å². The van der Waals surface area contributed by atoms with Gasteiger partial charge in [-0.1, -0.05) is 0 Å². The van der Waals surface area contributed by atoms with Gasteiger partial charge in [0.1, 0.15) is 12.0 Å². The lowest BCUT2D eigenvalue weighted by atomic mass is 10.1. The number of amides is 1. The van der Waals surface area contributed by atoms with Crippen LogP contribution >= 0.6 is 0 Å². The summed E-state index contributed by atoms with van der Waals surface area (Å²) >= 11 is 0. The van der Waals surface area contributed by atoms with Crippen LogP contribution in [-0.4, -0.2) is 22.9 Å². The first-order valence-electron chi connectivity index (χ1n) is 5.56. The van der Waals surface area contributed by atoms with Crippen LogP contribution in [-0.2, 0) is 0 Å². The highest BCUT2D eigenvalue weighted by atomic mass is 16.1. The Morgan fingerprint density at radius 1 is 1.28 bits per heavy atom. The zero-order valence-electron chi connectivity index (χ0n) is 10.3. The number of hydrogen-bond donors (Lipinski definition) is 2. The molecule has 0 aliphatic carbocycles. The van der Waals surface area contributed by atoms with Gasteiger partial charge in [-0.05, 0) is 36.8 Å². The predicted octanol–water partition coefficient (Wildman–Crippen LogP) is 2.08. The second-order valence-electron chi connectivity index (χ2n) is 3.83. The Bertz CT molecular complexity index is 554.